The largest absolute Gasteiger partial charge is 0.361 e. The van der Waals surface area contributed by atoms with Crippen LogP contribution in [0.4, 0.5) is 0 Å². The highest BCUT2D eigenvalue weighted by atomic mass is 35.5. The maximum atomic E-state index is 5.95. The van der Waals surface area contributed by atoms with Crippen LogP contribution in [-0.2, 0) is 4.74 Å². The summed E-state index contributed by atoms with van der Waals surface area (Å²) in [7, 11) is 1.57. The number of H-pyrrole nitrogens is 1. The molecule has 13 heavy (non-hydrogen) atoms. The van der Waals surface area contributed by atoms with Crippen molar-refractivity contribution < 1.29 is 4.74 Å². The number of alkyl halides is 1. The highest BCUT2D eigenvalue weighted by Gasteiger charge is 2.11. The molecule has 1 N–H and O–H groups in total. The smallest absolute Gasteiger partial charge is 0.158 e. The monoisotopic (exact) mass is 196 g/mol. The molecule has 1 atom stereocenters. The van der Waals surface area contributed by atoms with Gasteiger partial charge in [-0.2, -0.15) is 0 Å². The number of nitrogens with one attached hydrogen (secondary N) is 1. The van der Waals surface area contributed by atoms with E-state index in [1.807, 2.05) is 18.2 Å². The van der Waals surface area contributed by atoms with Crippen LogP contribution in [0.2, 0.25) is 0 Å². The average Bonchev–Trinajstić information content (AvgIpc) is 2.63. The van der Waals surface area contributed by atoms with E-state index in [2.05, 4.69) is 9.97 Å². The van der Waals surface area contributed by atoms with E-state index in [1.54, 1.807) is 13.4 Å². The van der Waals surface area contributed by atoms with Crippen molar-refractivity contribution in [2.45, 2.75) is 5.56 Å². The van der Waals surface area contributed by atoms with Crippen molar-refractivity contribution in [2.75, 3.05) is 7.11 Å². The number of halogens is 1. The van der Waals surface area contributed by atoms with Gasteiger partial charge in [0, 0.05) is 12.7 Å². The fourth-order valence-corrected chi connectivity index (χ4v) is 1.47. The van der Waals surface area contributed by atoms with Gasteiger partial charge >= 0.3 is 0 Å². The number of rotatable bonds is 2. The van der Waals surface area contributed by atoms with E-state index in [0.29, 0.717) is 0 Å². The second-order valence-corrected chi connectivity index (χ2v) is 3.09. The van der Waals surface area contributed by atoms with Gasteiger partial charge in [0.25, 0.3) is 0 Å². The van der Waals surface area contributed by atoms with Crippen molar-refractivity contribution in [1.29, 1.82) is 0 Å². The zero-order chi connectivity index (χ0) is 9.26. The number of aromatic amines is 1. The van der Waals surface area contributed by atoms with Gasteiger partial charge in [0.2, 0.25) is 0 Å². The Morgan fingerprint density at radius 3 is 3.15 bits per heavy atom. The van der Waals surface area contributed by atoms with Gasteiger partial charge in [-0.1, -0.05) is 23.7 Å². The van der Waals surface area contributed by atoms with Gasteiger partial charge < -0.3 is 9.72 Å². The quantitative estimate of drug-likeness (QED) is 0.750. The van der Waals surface area contributed by atoms with Crippen LogP contribution in [0.3, 0.4) is 0 Å². The maximum absolute atomic E-state index is 5.95. The molecular weight excluding hydrogens is 188 g/mol. The van der Waals surface area contributed by atoms with Gasteiger partial charge in [0.05, 0.1) is 17.4 Å². The molecule has 0 aliphatic heterocycles. The van der Waals surface area contributed by atoms with E-state index in [4.69, 9.17) is 16.3 Å². The molecule has 0 bridgehead atoms. The van der Waals surface area contributed by atoms with Gasteiger partial charge in [-0.15, -0.1) is 0 Å². The predicted octanol–water partition coefficient (Wildman–Crippen LogP) is 2.45. The molecule has 0 spiro atoms. The van der Waals surface area contributed by atoms with Crippen molar-refractivity contribution in [3.63, 3.8) is 0 Å². The van der Waals surface area contributed by atoms with Crippen LogP contribution in [0, 0.1) is 0 Å². The van der Waals surface area contributed by atoms with Crippen LogP contribution in [0.1, 0.15) is 11.1 Å². The molecule has 0 aliphatic carbocycles. The number of ether oxygens (including phenoxy) is 1. The van der Waals surface area contributed by atoms with Gasteiger partial charge in [-0.05, 0) is 6.07 Å². The number of fused-ring (bicyclic) bond motifs is 1. The van der Waals surface area contributed by atoms with Gasteiger partial charge in [0.15, 0.2) is 5.56 Å². The molecule has 2 aromatic rings. The standard InChI is InChI=1S/C9H9ClN2O/c1-13-9(10)6-3-2-4-7-8(6)12-5-11-7/h2-5,9H,1H3,(H,11,12). The Balaban J connectivity index is 2.60. The topological polar surface area (TPSA) is 37.9 Å². The normalized spacial score (nSPS) is 13.4. The fourth-order valence-electron chi connectivity index (χ4n) is 1.30. The third kappa shape index (κ3) is 1.41. The lowest BCUT2D eigenvalue weighted by Gasteiger charge is -2.07. The van der Waals surface area contributed by atoms with Crippen LogP contribution in [-0.4, -0.2) is 17.1 Å². The van der Waals surface area contributed by atoms with Crippen LogP contribution < -0.4 is 0 Å². The molecule has 4 heteroatoms. The fraction of sp³-hybridized carbons (Fsp3) is 0.222. The molecule has 3 nitrogen and oxygen atoms in total. The zero-order valence-corrected chi connectivity index (χ0v) is 7.88. The SMILES string of the molecule is COC(Cl)c1cccc2[nH]cnc12. The summed E-state index contributed by atoms with van der Waals surface area (Å²) >= 11 is 5.95. The summed E-state index contributed by atoms with van der Waals surface area (Å²) < 4.78 is 5.03. The summed E-state index contributed by atoms with van der Waals surface area (Å²) in [5.41, 5.74) is 2.29. The van der Waals surface area contributed by atoms with Crippen molar-refractivity contribution in [3.05, 3.63) is 30.1 Å². The number of methoxy groups -OCH3 is 1. The highest BCUT2D eigenvalue weighted by Crippen LogP contribution is 2.26. The molecule has 0 saturated carbocycles. The zero-order valence-electron chi connectivity index (χ0n) is 7.12. The molecule has 0 amide bonds. The number of imidazole rings is 1. The van der Waals surface area contributed by atoms with Gasteiger partial charge in [0.1, 0.15) is 0 Å². The minimum absolute atomic E-state index is 0.438. The number of nitrogens with zero attached hydrogens (tertiary/aromatic N) is 1. The Hall–Kier alpha value is -1.06. The summed E-state index contributed by atoms with van der Waals surface area (Å²) in [5.74, 6) is 0. The molecule has 0 radical (unpaired) electrons. The van der Waals surface area contributed by atoms with Crippen LogP contribution in [0.5, 0.6) is 0 Å². The van der Waals surface area contributed by atoms with E-state index >= 15 is 0 Å². The third-order valence-electron chi connectivity index (χ3n) is 1.93. The summed E-state index contributed by atoms with van der Waals surface area (Å²) in [6, 6.07) is 5.78. The average molecular weight is 197 g/mol. The number of hydrogen-bond donors (Lipinski definition) is 1. The summed E-state index contributed by atoms with van der Waals surface area (Å²) in [6.45, 7) is 0. The predicted molar refractivity (Wildman–Crippen MR) is 51.7 cm³/mol. The minimum Gasteiger partial charge on any atom is -0.361 e. The third-order valence-corrected chi connectivity index (χ3v) is 2.35. The first-order valence-corrected chi connectivity index (χ1v) is 4.35. The Labute approximate surface area is 80.7 Å². The van der Waals surface area contributed by atoms with Gasteiger partial charge in [-0.3, -0.25) is 0 Å². The maximum Gasteiger partial charge on any atom is 0.158 e. The summed E-state index contributed by atoms with van der Waals surface area (Å²) in [6.07, 6.45) is 1.65. The van der Waals surface area contributed by atoms with Crippen LogP contribution in [0.15, 0.2) is 24.5 Å². The molecule has 1 aromatic heterocycles. The lowest BCUT2D eigenvalue weighted by molar-refractivity contribution is 0.171. The molecule has 0 aliphatic rings. The van der Waals surface area contributed by atoms with E-state index < -0.39 is 5.56 Å². The van der Waals surface area contributed by atoms with E-state index in [9.17, 15) is 0 Å². The molecule has 1 aromatic carbocycles. The minimum atomic E-state index is -0.438. The van der Waals surface area contributed by atoms with Crippen molar-refractivity contribution in [1.82, 2.24) is 9.97 Å². The van der Waals surface area contributed by atoms with Gasteiger partial charge in [-0.25, -0.2) is 4.98 Å². The number of hydrogen-bond acceptors (Lipinski definition) is 2. The Morgan fingerprint density at radius 1 is 1.54 bits per heavy atom. The second kappa shape index (κ2) is 3.36. The molecule has 0 saturated heterocycles. The summed E-state index contributed by atoms with van der Waals surface area (Å²) in [4.78, 5) is 7.18. The molecule has 0 fully saturated rings. The molecular formula is C9H9ClN2O. The Morgan fingerprint density at radius 2 is 2.38 bits per heavy atom. The lowest BCUT2D eigenvalue weighted by Crippen LogP contribution is -1.93. The van der Waals surface area contributed by atoms with E-state index in [1.165, 1.54) is 0 Å². The van der Waals surface area contributed by atoms with Crippen LogP contribution in [0.25, 0.3) is 11.0 Å². The number of benzene rings is 1. The van der Waals surface area contributed by atoms with Crippen molar-refractivity contribution >= 4 is 22.6 Å². The Kier molecular flexibility index (Phi) is 2.20. The van der Waals surface area contributed by atoms with Crippen molar-refractivity contribution in [2.24, 2.45) is 0 Å². The first-order chi connectivity index (χ1) is 6.33. The number of aromatic nitrogens is 2. The second-order valence-electron chi connectivity index (χ2n) is 2.70. The first-order valence-electron chi connectivity index (χ1n) is 3.92. The van der Waals surface area contributed by atoms with Crippen molar-refractivity contribution in [3.8, 4) is 0 Å². The molecule has 68 valence electrons. The Bertz CT molecular complexity index is 413. The summed E-state index contributed by atoms with van der Waals surface area (Å²) in [5, 5.41) is 0. The van der Waals surface area contributed by atoms with E-state index in [0.717, 1.165) is 16.6 Å². The first kappa shape index (κ1) is 8.53. The highest BCUT2D eigenvalue weighted by molar-refractivity contribution is 6.20. The van der Waals surface area contributed by atoms with E-state index in [-0.39, 0.29) is 0 Å². The molecule has 1 unspecified atom stereocenters. The molecule has 1 heterocycles. The number of para-hydroxylation sites is 1. The molecule has 2 rings (SSSR count). The lowest BCUT2D eigenvalue weighted by atomic mass is 10.2. The van der Waals surface area contributed by atoms with Crippen LogP contribution >= 0.6 is 11.6 Å².